The van der Waals surface area contributed by atoms with Crippen LogP contribution in [-0.2, 0) is 5.41 Å². The largest absolute Gasteiger partial charge is 0.231 e. The van der Waals surface area contributed by atoms with Crippen LogP contribution in [0, 0.1) is 0 Å². The zero-order chi connectivity index (χ0) is 13.5. The molecule has 18 heavy (non-hydrogen) atoms. The van der Waals surface area contributed by atoms with E-state index in [9.17, 15) is 0 Å². The zero-order valence-corrected chi connectivity index (χ0v) is 14.8. The Morgan fingerprint density at radius 1 is 1.17 bits per heavy atom. The summed E-state index contributed by atoms with van der Waals surface area (Å²) in [6, 6.07) is 0. The number of halogens is 3. The third-order valence-electron chi connectivity index (χ3n) is 2.38. The van der Waals surface area contributed by atoms with E-state index in [2.05, 4.69) is 62.6 Å². The van der Waals surface area contributed by atoms with Gasteiger partial charge >= 0.3 is 0 Å². The summed E-state index contributed by atoms with van der Waals surface area (Å²) in [5.74, 6) is 0.654. The summed E-state index contributed by atoms with van der Waals surface area (Å²) < 4.78 is 1.76. The minimum Gasteiger partial charge on any atom is -0.231 e. The second-order valence-electron chi connectivity index (χ2n) is 4.88. The molecule has 0 saturated carbocycles. The van der Waals surface area contributed by atoms with Gasteiger partial charge in [-0.2, -0.15) is 11.3 Å². The number of hydrogen-bond donors (Lipinski definition) is 0. The topological polar surface area (TPSA) is 25.8 Å². The van der Waals surface area contributed by atoms with Crippen LogP contribution >= 0.6 is 54.8 Å². The average Bonchev–Trinajstić information content (AvgIpc) is 2.66. The van der Waals surface area contributed by atoms with Crippen LogP contribution in [0.3, 0.4) is 0 Å². The lowest BCUT2D eigenvalue weighted by Crippen LogP contribution is -2.16. The molecule has 2 heterocycles. The second kappa shape index (κ2) is 5.19. The van der Waals surface area contributed by atoms with Crippen molar-refractivity contribution in [2.45, 2.75) is 26.2 Å². The van der Waals surface area contributed by atoms with Crippen molar-refractivity contribution in [1.29, 1.82) is 0 Å². The normalized spacial score (nSPS) is 11.9. The lowest BCUT2D eigenvalue weighted by Gasteiger charge is -2.20. The average molecular weight is 411 g/mol. The molecule has 0 radical (unpaired) electrons. The number of hydrogen-bond acceptors (Lipinski definition) is 3. The highest BCUT2D eigenvalue weighted by Crippen LogP contribution is 2.36. The maximum absolute atomic E-state index is 6.18. The molecule has 0 fully saturated rings. The van der Waals surface area contributed by atoms with Gasteiger partial charge in [0.25, 0.3) is 0 Å². The van der Waals surface area contributed by atoms with Crippen LogP contribution < -0.4 is 0 Å². The molecule has 0 spiro atoms. The fourth-order valence-electron chi connectivity index (χ4n) is 1.48. The highest BCUT2D eigenvalue weighted by atomic mass is 79.9. The van der Waals surface area contributed by atoms with Gasteiger partial charge in [-0.3, -0.25) is 0 Å². The molecule has 0 aliphatic rings. The summed E-state index contributed by atoms with van der Waals surface area (Å²) in [4.78, 5) is 8.98. The first-order chi connectivity index (χ1) is 8.30. The standard InChI is InChI=1S/C12H11Br2ClN2S/c1-12(2,3)9-8(14)10(15)17-11(16-9)6-4-18-5-7(6)13/h4-5H,1-3H3. The minimum absolute atomic E-state index is 0.0946. The Labute approximate surface area is 132 Å². The Kier molecular flexibility index (Phi) is 4.17. The highest BCUT2D eigenvalue weighted by Gasteiger charge is 2.23. The molecule has 2 aromatic heterocycles. The SMILES string of the molecule is CC(C)(C)c1nc(-c2cscc2Br)nc(Cl)c1Br. The smallest absolute Gasteiger partial charge is 0.163 e. The lowest BCUT2D eigenvalue weighted by molar-refractivity contribution is 0.564. The van der Waals surface area contributed by atoms with Gasteiger partial charge in [0.15, 0.2) is 5.82 Å². The predicted octanol–water partition coefficient (Wildman–Crippen LogP) is 5.68. The maximum Gasteiger partial charge on any atom is 0.163 e. The van der Waals surface area contributed by atoms with Crippen LogP contribution in [-0.4, -0.2) is 9.97 Å². The van der Waals surface area contributed by atoms with E-state index in [0.717, 1.165) is 20.2 Å². The Morgan fingerprint density at radius 2 is 1.83 bits per heavy atom. The predicted molar refractivity (Wildman–Crippen MR) is 84.5 cm³/mol. The van der Waals surface area contributed by atoms with E-state index in [0.29, 0.717) is 11.0 Å². The van der Waals surface area contributed by atoms with Gasteiger partial charge in [0.05, 0.1) is 10.2 Å². The third-order valence-corrected chi connectivity index (χ3v) is 5.33. The molecule has 0 unspecified atom stereocenters. The summed E-state index contributed by atoms with van der Waals surface area (Å²) in [6.45, 7) is 6.30. The Morgan fingerprint density at radius 3 is 2.33 bits per heavy atom. The summed E-state index contributed by atoms with van der Waals surface area (Å²) >= 11 is 14.7. The van der Waals surface area contributed by atoms with Gasteiger partial charge in [-0.15, -0.1) is 0 Å². The second-order valence-corrected chi connectivity index (χ2v) is 7.63. The van der Waals surface area contributed by atoms with Gasteiger partial charge in [0.1, 0.15) is 5.15 Å². The lowest BCUT2D eigenvalue weighted by atomic mass is 9.92. The molecule has 0 aliphatic heterocycles. The van der Waals surface area contributed by atoms with Crippen LogP contribution in [0.2, 0.25) is 5.15 Å². The van der Waals surface area contributed by atoms with Crippen LogP contribution in [0.15, 0.2) is 19.7 Å². The zero-order valence-electron chi connectivity index (χ0n) is 10.1. The van der Waals surface area contributed by atoms with Crippen LogP contribution in [0.5, 0.6) is 0 Å². The van der Waals surface area contributed by atoms with E-state index in [1.54, 1.807) is 11.3 Å². The molecule has 0 aromatic carbocycles. The first-order valence-corrected chi connectivity index (χ1v) is 8.17. The van der Waals surface area contributed by atoms with Crippen molar-refractivity contribution in [1.82, 2.24) is 9.97 Å². The van der Waals surface area contributed by atoms with Gasteiger partial charge in [-0.1, -0.05) is 32.4 Å². The molecule has 2 nitrogen and oxygen atoms in total. The number of nitrogens with zero attached hydrogens (tertiary/aromatic N) is 2. The summed E-state index contributed by atoms with van der Waals surface area (Å²) in [7, 11) is 0. The van der Waals surface area contributed by atoms with Gasteiger partial charge in [0, 0.05) is 26.2 Å². The number of aromatic nitrogens is 2. The molecule has 0 N–H and O–H groups in total. The number of rotatable bonds is 1. The van der Waals surface area contributed by atoms with Gasteiger partial charge in [0.2, 0.25) is 0 Å². The first-order valence-electron chi connectivity index (χ1n) is 5.26. The fraction of sp³-hybridized carbons (Fsp3) is 0.333. The molecule has 0 saturated heterocycles. The van der Waals surface area contributed by atoms with Crippen molar-refractivity contribution in [3.05, 3.63) is 30.6 Å². The van der Waals surface area contributed by atoms with Crippen LogP contribution in [0.1, 0.15) is 26.5 Å². The van der Waals surface area contributed by atoms with E-state index in [1.165, 1.54) is 0 Å². The molecule has 0 amide bonds. The van der Waals surface area contributed by atoms with E-state index in [1.807, 2.05) is 10.8 Å². The van der Waals surface area contributed by atoms with Crippen molar-refractivity contribution >= 4 is 54.8 Å². The Balaban J connectivity index is 2.66. The Hall–Kier alpha value is 0.0300. The third kappa shape index (κ3) is 2.79. The van der Waals surface area contributed by atoms with Gasteiger partial charge in [-0.25, -0.2) is 9.97 Å². The van der Waals surface area contributed by atoms with Crippen molar-refractivity contribution in [2.24, 2.45) is 0 Å². The highest BCUT2D eigenvalue weighted by molar-refractivity contribution is 9.11. The summed E-state index contributed by atoms with van der Waals surface area (Å²) in [5, 5.41) is 4.46. The quantitative estimate of drug-likeness (QED) is 0.565. The number of thiophene rings is 1. The van der Waals surface area contributed by atoms with E-state index in [4.69, 9.17) is 11.6 Å². The first kappa shape index (κ1) is 14.4. The molecule has 2 rings (SSSR count). The van der Waals surface area contributed by atoms with Crippen molar-refractivity contribution in [3.8, 4) is 11.4 Å². The monoisotopic (exact) mass is 408 g/mol. The summed E-state index contributed by atoms with van der Waals surface area (Å²) in [5.41, 5.74) is 1.79. The molecule has 6 heteroatoms. The van der Waals surface area contributed by atoms with E-state index < -0.39 is 0 Å². The minimum atomic E-state index is -0.0946. The van der Waals surface area contributed by atoms with Crippen molar-refractivity contribution in [2.75, 3.05) is 0 Å². The van der Waals surface area contributed by atoms with Crippen molar-refractivity contribution < 1.29 is 0 Å². The summed E-state index contributed by atoms with van der Waals surface area (Å²) in [6.07, 6.45) is 0. The molecule has 0 aliphatic carbocycles. The van der Waals surface area contributed by atoms with Gasteiger partial charge in [-0.05, 0) is 31.9 Å². The van der Waals surface area contributed by atoms with E-state index >= 15 is 0 Å². The molecular formula is C12H11Br2ClN2S. The van der Waals surface area contributed by atoms with E-state index in [-0.39, 0.29) is 5.41 Å². The van der Waals surface area contributed by atoms with Crippen molar-refractivity contribution in [3.63, 3.8) is 0 Å². The molecule has 2 aromatic rings. The fourth-order valence-corrected chi connectivity index (χ4v) is 3.87. The Bertz CT molecular complexity index is 590. The molecule has 0 atom stereocenters. The molecular weight excluding hydrogens is 399 g/mol. The van der Waals surface area contributed by atoms with Gasteiger partial charge < -0.3 is 0 Å². The van der Waals surface area contributed by atoms with Crippen LogP contribution in [0.4, 0.5) is 0 Å². The molecule has 96 valence electrons. The molecule has 0 bridgehead atoms. The van der Waals surface area contributed by atoms with Crippen LogP contribution in [0.25, 0.3) is 11.4 Å². The maximum atomic E-state index is 6.18.